The summed E-state index contributed by atoms with van der Waals surface area (Å²) >= 11 is 0. The van der Waals surface area contributed by atoms with Gasteiger partial charge in [-0.2, -0.15) is 0 Å². The lowest BCUT2D eigenvalue weighted by Gasteiger charge is -2.31. The Labute approximate surface area is 67.1 Å². The summed E-state index contributed by atoms with van der Waals surface area (Å²) in [6, 6.07) is 0. The van der Waals surface area contributed by atoms with E-state index in [1.807, 2.05) is 0 Å². The Kier molecular flexibility index (Phi) is 1.98. The van der Waals surface area contributed by atoms with E-state index in [2.05, 4.69) is 25.2 Å². The molecule has 0 unspecified atom stereocenters. The molecule has 0 saturated heterocycles. The molecule has 0 aromatic rings. The molecular weight excluding hydrogens is 140 g/mol. The van der Waals surface area contributed by atoms with Crippen LogP contribution in [0.25, 0.3) is 0 Å². The second kappa shape index (κ2) is 2.64. The molecule has 0 saturated carbocycles. The molecule has 0 aromatic carbocycles. The Morgan fingerprint density at radius 2 is 2.27 bits per heavy atom. The first-order valence-corrected chi connectivity index (χ1v) is 3.71. The summed E-state index contributed by atoms with van der Waals surface area (Å²) in [5.41, 5.74) is 0.108. The first kappa shape index (κ1) is 8.24. The highest BCUT2D eigenvalue weighted by atomic mass is 16.2. The van der Waals surface area contributed by atoms with Gasteiger partial charge in [0.15, 0.2) is 6.34 Å². The van der Waals surface area contributed by atoms with Gasteiger partial charge in [-0.3, -0.25) is 14.7 Å². The summed E-state index contributed by atoms with van der Waals surface area (Å²) in [4.78, 5) is 16.4. The highest BCUT2D eigenvalue weighted by Crippen LogP contribution is 2.19. The smallest absolute Gasteiger partial charge is 0.225 e. The quantitative estimate of drug-likeness (QED) is 0.506. The summed E-state index contributed by atoms with van der Waals surface area (Å²) in [7, 11) is 0. The fourth-order valence-corrected chi connectivity index (χ4v) is 1.03. The van der Waals surface area contributed by atoms with E-state index in [9.17, 15) is 4.79 Å². The third-order valence-electron chi connectivity index (χ3n) is 1.66. The molecule has 3 heteroatoms. The molecule has 0 aliphatic carbocycles. The SMILES string of the molecule is CC(=O)N1[C]=NCC(C)(C)C1. The number of nitrogens with zero attached hydrogens (tertiary/aromatic N) is 2. The van der Waals surface area contributed by atoms with Crippen molar-refractivity contribution in [2.45, 2.75) is 20.8 Å². The largest absolute Gasteiger partial charge is 0.294 e. The molecule has 1 heterocycles. The molecule has 1 aliphatic heterocycles. The molecule has 0 fully saturated rings. The fraction of sp³-hybridized carbons (Fsp3) is 0.750. The van der Waals surface area contributed by atoms with Gasteiger partial charge in [0, 0.05) is 25.4 Å². The average molecular weight is 153 g/mol. The van der Waals surface area contributed by atoms with Crippen molar-refractivity contribution in [2.75, 3.05) is 13.1 Å². The van der Waals surface area contributed by atoms with Crippen LogP contribution in [0, 0.1) is 5.41 Å². The van der Waals surface area contributed by atoms with Gasteiger partial charge in [0.2, 0.25) is 5.91 Å². The van der Waals surface area contributed by atoms with Crippen LogP contribution < -0.4 is 0 Å². The van der Waals surface area contributed by atoms with Gasteiger partial charge in [-0.05, 0) is 0 Å². The molecule has 0 N–H and O–H groups in total. The van der Waals surface area contributed by atoms with Gasteiger partial charge in [-0.25, -0.2) is 0 Å². The number of carbonyl (C=O) groups is 1. The number of rotatable bonds is 0. The fourth-order valence-electron chi connectivity index (χ4n) is 1.03. The minimum atomic E-state index is 0.0153. The molecule has 1 amide bonds. The summed E-state index contributed by atoms with van der Waals surface area (Å²) in [6.45, 7) is 7.20. The molecule has 0 aromatic heterocycles. The van der Waals surface area contributed by atoms with Crippen molar-refractivity contribution in [1.29, 1.82) is 0 Å². The molecule has 1 aliphatic rings. The molecular formula is C8H13N2O. The number of hydrogen-bond donors (Lipinski definition) is 0. The predicted octanol–water partition coefficient (Wildman–Crippen LogP) is 0.780. The first-order valence-electron chi connectivity index (χ1n) is 3.71. The van der Waals surface area contributed by atoms with Gasteiger partial charge >= 0.3 is 0 Å². The van der Waals surface area contributed by atoms with Crippen molar-refractivity contribution >= 4 is 12.2 Å². The molecule has 11 heavy (non-hydrogen) atoms. The van der Waals surface area contributed by atoms with Crippen LogP contribution in [0.2, 0.25) is 0 Å². The number of amides is 1. The highest BCUT2D eigenvalue weighted by Gasteiger charge is 2.25. The van der Waals surface area contributed by atoms with Gasteiger partial charge < -0.3 is 0 Å². The van der Waals surface area contributed by atoms with Crippen molar-refractivity contribution in [2.24, 2.45) is 10.4 Å². The summed E-state index contributed by atoms with van der Waals surface area (Å²) in [6.07, 6.45) is 2.68. The van der Waals surface area contributed by atoms with Crippen molar-refractivity contribution in [3.8, 4) is 0 Å². The van der Waals surface area contributed by atoms with Crippen molar-refractivity contribution in [3.05, 3.63) is 0 Å². The zero-order valence-electron chi connectivity index (χ0n) is 7.22. The van der Waals surface area contributed by atoms with Crippen molar-refractivity contribution < 1.29 is 4.79 Å². The van der Waals surface area contributed by atoms with E-state index >= 15 is 0 Å². The second-order valence-electron chi connectivity index (χ2n) is 3.69. The van der Waals surface area contributed by atoms with Gasteiger partial charge in [0.1, 0.15) is 0 Å². The lowest BCUT2D eigenvalue weighted by molar-refractivity contribution is -0.126. The standard InChI is InChI=1S/C8H13N2O/c1-7(11)10-5-8(2,3)4-9-6-10/h4-5H2,1-3H3. The number of aliphatic imine (C=N–C) groups is 1. The van der Waals surface area contributed by atoms with E-state index < -0.39 is 0 Å². The summed E-state index contributed by atoms with van der Waals surface area (Å²) in [5, 5.41) is 0. The van der Waals surface area contributed by atoms with E-state index in [0.717, 1.165) is 13.1 Å². The Hall–Kier alpha value is -0.860. The van der Waals surface area contributed by atoms with Crippen LogP contribution in [0.1, 0.15) is 20.8 Å². The van der Waals surface area contributed by atoms with Crippen LogP contribution >= 0.6 is 0 Å². The monoisotopic (exact) mass is 153 g/mol. The molecule has 0 spiro atoms. The van der Waals surface area contributed by atoms with Gasteiger partial charge in [0.25, 0.3) is 0 Å². The first-order chi connectivity index (χ1) is 5.01. The third-order valence-corrected chi connectivity index (χ3v) is 1.66. The highest BCUT2D eigenvalue weighted by molar-refractivity contribution is 5.86. The van der Waals surface area contributed by atoms with E-state index in [0.29, 0.717) is 0 Å². The molecule has 0 atom stereocenters. The maximum absolute atomic E-state index is 10.9. The summed E-state index contributed by atoms with van der Waals surface area (Å²) < 4.78 is 0. The Bertz CT molecular complexity index is 196. The van der Waals surface area contributed by atoms with Gasteiger partial charge in [-0.15, -0.1) is 0 Å². The van der Waals surface area contributed by atoms with Crippen molar-refractivity contribution in [3.63, 3.8) is 0 Å². The topological polar surface area (TPSA) is 32.7 Å². The third kappa shape index (κ3) is 2.03. The van der Waals surface area contributed by atoms with Crippen molar-refractivity contribution in [1.82, 2.24) is 4.90 Å². The minimum Gasteiger partial charge on any atom is -0.294 e. The summed E-state index contributed by atoms with van der Waals surface area (Å²) in [5.74, 6) is 0.0153. The maximum atomic E-state index is 10.9. The zero-order chi connectivity index (χ0) is 8.48. The minimum absolute atomic E-state index is 0.0153. The maximum Gasteiger partial charge on any atom is 0.225 e. The number of hydrogen-bond acceptors (Lipinski definition) is 2. The second-order valence-corrected chi connectivity index (χ2v) is 3.69. The Morgan fingerprint density at radius 3 is 2.64 bits per heavy atom. The van der Waals surface area contributed by atoms with E-state index in [1.165, 1.54) is 11.8 Å². The van der Waals surface area contributed by atoms with Crippen LogP contribution in [0.5, 0.6) is 0 Å². The van der Waals surface area contributed by atoms with Crippen LogP contribution in [-0.2, 0) is 4.79 Å². The Balaban J connectivity index is 2.67. The van der Waals surface area contributed by atoms with Gasteiger partial charge in [0.05, 0.1) is 0 Å². The lowest BCUT2D eigenvalue weighted by atomic mass is 9.92. The molecule has 3 nitrogen and oxygen atoms in total. The zero-order valence-corrected chi connectivity index (χ0v) is 7.22. The average Bonchev–Trinajstić information content (AvgIpc) is 1.85. The van der Waals surface area contributed by atoms with Gasteiger partial charge in [-0.1, -0.05) is 13.8 Å². The normalized spacial score (nSPS) is 21.9. The lowest BCUT2D eigenvalue weighted by Crippen LogP contribution is -2.41. The molecule has 1 radical (unpaired) electrons. The van der Waals surface area contributed by atoms with E-state index in [1.54, 1.807) is 0 Å². The molecule has 0 bridgehead atoms. The van der Waals surface area contributed by atoms with Crippen LogP contribution in [-0.4, -0.2) is 30.2 Å². The van der Waals surface area contributed by atoms with Crippen LogP contribution in [0.15, 0.2) is 4.99 Å². The van der Waals surface area contributed by atoms with E-state index in [-0.39, 0.29) is 11.3 Å². The number of carbonyl (C=O) groups excluding carboxylic acids is 1. The van der Waals surface area contributed by atoms with Crippen LogP contribution in [0.4, 0.5) is 0 Å². The van der Waals surface area contributed by atoms with Crippen LogP contribution in [0.3, 0.4) is 0 Å². The predicted molar refractivity (Wildman–Crippen MR) is 43.5 cm³/mol. The molecule has 61 valence electrons. The molecule has 1 rings (SSSR count). The Morgan fingerprint density at radius 1 is 1.64 bits per heavy atom. The van der Waals surface area contributed by atoms with E-state index in [4.69, 9.17) is 0 Å².